The third-order valence-corrected chi connectivity index (χ3v) is 6.32. The summed E-state index contributed by atoms with van der Waals surface area (Å²) < 4.78 is 2.05. The highest BCUT2D eigenvalue weighted by Crippen LogP contribution is 2.49. The molecule has 5 rings (SSSR count). The van der Waals surface area contributed by atoms with Crippen molar-refractivity contribution in [1.29, 1.82) is 0 Å². The van der Waals surface area contributed by atoms with Crippen molar-refractivity contribution < 1.29 is 4.79 Å². The summed E-state index contributed by atoms with van der Waals surface area (Å²) in [6.07, 6.45) is 0. The zero-order valence-corrected chi connectivity index (χ0v) is 15.6. The Hall–Kier alpha value is -2.39. The Morgan fingerprint density at radius 2 is 1.85 bits per heavy atom. The van der Waals surface area contributed by atoms with E-state index in [0.29, 0.717) is 5.92 Å². The van der Waals surface area contributed by atoms with Crippen molar-refractivity contribution in [3.05, 3.63) is 70.9 Å². The minimum Gasteiger partial charge on any atom is -0.301 e. The normalized spacial score (nSPS) is 25.5. The molecular weight excluding hydrogens is 320 g/mol. The SMILES string of the molecule is Cc1ccc2c(c1)c1c3n2C(=O)C(C)C(c2ccccc2)C3CN(C)C1. The van der Waals surface area contributed by atoms with Gasteiger partial charge in [0, 0.05) is 41.9 Å². The van der Waals surface area contributed by atoms with Crippen LogP contribution in [0.2, 0.25) is 0 Å². The molecule has 3 unspecified atom stereocenters. The molecule has 132 valence electrons. The number of hydrogen-bond donors (Lipinski definition) is 0. The molecule has 0 amide bonds. The van der Waals surface area contributed by atoms with Gasteiger partial charge in [-0.2, -0.15) is 0 Å². The largest absolute Gasteiger partial charge is 0.301 e. The molecule has 2 aliphatic heterocycles. The van der Waals surface area contributed by atoms with Gasteiger partial charge in [0.05, 0.1) is 5.52 Å². The summed E-state index contributed by atoms with van der Waals surface area (Å²) in [5, 5.41) is 1.26. The third-order valence-electron chi connectivity index (χ3n) is 6.32. The van der Waals surface area contributed by atoms with E-state index in [1.54, 1.807) is 0 Å². The van der Waals surface area contributed by atoms with Gasteiger partial charge in [0.1, 0.15) is 0 Å². The number of aromatic nitrogens is 1. The minimum absolute atomic E-state index is 0.0221. The van der Waals surface area contributed by atoms with Crippen LogP contribution in [0.1, 0.15) is 45.9 Å². The van der Waals surface area contributed by atoms with Gasteiger partial charge in [0.2, 0.25) is 5.91 Å². The first-order valence-electron chi connectivity index (χ1n) is 9.48. The summed E-state index contributed by atoms with van der Waals surface area (Å²) in [5.74, 6) is 0.815. The van der Waals surface area contributed by atoms with E-state index in [1.807, 2.05) is 4.57 Å². The highest BCUT2D eigenvalue weighted by atomic mass is 16.2. The van der Waals surface area contributed by atoms with Gasteiger partial charge in [-0.15, -0.1) is 0 Å². The second kappa shape index (κ2) is 5.55. The molecule has 26 heavy (non-hydrogen) atoms. The number of likely N-dealkylation sites (N-methyl/N-ethyl adjacent to an activating group) is 1. The summed E-state index contributed by atoms with van der Waals surface area (Å²) in [5.41, 5.74) is 6.24. The van der Waals surface area contributed by atoms with Crippen LogP contribution < -0.4 is 0 Å². The molecular formula is C23H24N2O. The van der Waals surface area contributed by atoms with E-state index in [4.69, 9.17) is 0 Å². The van der Waals surface area contributed by atoms with E-state index in [0.717, 1.165) is 18.6 Å². The standard InChI is InChI=1S/C23H24N2O/c1-14-9-10-20-17(11-14)18-12-24(3)13-19-21(16-7-5-4-6-8-16)15(2)23(26)25(20)22(18)19/h4-11,15,19,21H,12-13H2,1-3H3. The highest BCUT2D eigenvalue weighted by molar-refractivity contribution is 5.99. The molecule has 0 saturated carbocycles. The molecule has 3 heteroatoms. The quantitative estimate of drug-likeness (QED) is 0.647. The molecule has 0 bridgehead atoms. The van der Waals surface area contributed by atoms with Crippen molar-refractivity contribution in [2.45, 2.75) is 32.2 Å². The fourth-order valence-corrected chi connectivity index (χ4v) is 5.22. The Labute approximate surface area is 154 Å². The molecule has 2 aliphatic rings. The number of rotatable bonds is 1. The molecule has 3 nitrogen and oxygen atoms in total. The third kappa shape index (κ3) is 2.07. The van der Waals surface area contributed by atoms with Gasteiger partial charge in [0.25, 0.3) is 0 Å². The Bertz CT molecular complexity index is 1020. The monoisotopic (exact) mass is 344 g/mol. The second-order valence-electron chi connectivity index (χ2n) is 8.09. The van der Waals surface area contributed by atoms with E-state index in [1.165, 1.54) is 27.8 Å². The topological polar surface area (TPSA) is 25.2 Å². The van der Waals surface area contributed by atoms with E-state index < -0.39 is 0 Å². The zero-order valence-electron chi connectivity index (χ0n) is 15.6. The summed E-state index contributed by atoms with van der Waals surface area (Å²) in [4.78, 5) is 15.8. The van der Waals surface area contributed by atoms with Crippen molar-refractivity contribution in [2.24, 2.45) is 5.92 Å². The molecule has 0 aliphatic carbocycles. The highest BCUT2D eigenvalue weighted by Gasteiger charge is 2.45. The lowest BCUT2D eigenvalue weighted by atomic mass is 9.71. The van der Waals surface area contributed by atoms with Crippen LogP contribution in [-0.2, 0) is 6.54 Å². The minimum atomic E-state index is -0.0221. The van der Waals surface area contributed by atoms with Crippen LogP contribution in [0.5, 0.6) is 0 Å². The van der Waals surface area contributed by atoms with E-state index in [-0.39, 0.29) is 17.7 Å². The summed E-state index contributed by atoms with van der Waals surface area (Å²) in [7, 11) is 2.20. The summed E-state index contributed by atoms with van der Waals surface area (Å²) in [6, 6.07) is 17.1. The number of aryl methyl sites for hydroxylation is 1. The molecule has 0 fully saturated rings. The van der Waals surface area contributed by atoms with Gasteiger partial charge in [-0.3, -0.25) is 9.36 Å². The smallest absolute Gasteiger partial charge is 0.234 e. The molecule has 0 radical (unpaired) electrons. The average molecular weight is 344 g/mol. The number of carbonyl (C=O) groups is 1. The lowest BCUT2D eigenvalue weighted by Crippen LogP contribution is -2.43. The average Bonchev–Trinajstić information content (AvgIpc) is 2.95. The maximum absolute atomic E-state index is 13.4. The number of carbonyl (C=O) groups excluding carboxylic acids is 1. The van der Waals surface area contributed by atoms with Gasteiger partial charge in [-0.05, 0) is 37.2 Å². The lowest BCUT2D eigenvalue weighted by Gasteiger charge is -2.42. The molecule has 0 spiro atoms. The van der Waals surface area contributed by atoms with Crippen LogP contribution >= 0.6 is 0 Å². The molecule has 2 aromatic carbocycles. The first-order chi connectivity index (χ1) is 12.6. The number of nitrogens with zero attached hydrogens (tertiary/aromatic N) is 2. The number of benzene rings is 2. The van der Waals surface area contributed by atoms with Crippen LogP contribution in [0, 0.1) is 12.8 Å². The van der Waals surface area contributed by atoms with Gasteiger partial charge in [0.15, 0.2) is 0 Å². The molecule has 3 heterocycles. The first kappa shape index (κ1) is 15.8. The van der Waals surface area contributed by atoms with Crippen LogP contribution in [0.15, 0.2) is 48.5 Å². The van der Waals surface area contributed by atoms with E-state index >= 15 is 0 Å². The molecule has 0 N–H and O–H groups in total. The number of hydrogen-bond acceptors (Lipinski definition) is 2. The number of fused-ring (bicyclic) bond motifs is 3. The fraction of sp³-hybridized carbons (Fsp3) is 0.348. The maximum Gasteiger partial charge on any atom is 0.234 e. The molecule has 3 atom stereocenters. The van der Waals surface area contributed by atoms with Gasteiger partial charge in [-0.1, -0.05) is 48.9 Å². The zero-order chi connectivity index (χ0) is 18.0. The van der Waals surface area contributed by atoms with Crippen molar-refractivity contribution in [3.8, 4) is 0 Å². The van der Waals surface area contributed by atoms with Crippen molar-refractivity contribution in [1.82, 2.24) is 9.47 Å². The van der Waals surface area contributed by atoms with Crippen LogP contribution in [0.4, 0.5) is 0 Å². The molecule has 0 saturated heterocycles. The van der Waals surface area contributed by atoms with Crippen molar-refractivity contribution >= 4 is 16.8 Å². The molecule has 1 aromatic heterocycles. The predicted octanol–water partition coefficient (Wildman–Crippen LogP) is 4.55. The first-order valence-corrected chi connectivity index (χ1v) is 9.48. The van der Waals surface area contributed by atoms with Crippen LogP contribution in [0.25, 0.3) is 10.9 Å². The summed E-state index contributed by atoms with van der Waals surface area (Å²) >= 11 is 0. The van der Waals surface area contributed by atoms with Crippen LogP contribution in [0.3, 0.4) is 0 Å². The molecule has 3 aromatic rings. The van der Waals surface area contributed by atoms with Gasteiger partial charge >= 0.3 is 0 Å². The van der Waals surface area contributed by atoms with Gasteiger partial charge < -0.3 is 4.90 Å². The van der Waals surface area contributed by atoms with Crippen molar-refractivity contribution in [3.63, 3.8) is 0 Å². The lowest BCUT2D eigenvalue weighted by molar-refractivity contribution is 0.0763. The maximum atomic E-state index is 13.4. The predicted molar refractivity (Wildman–Crippen MR) is 105 cm³/mol. The Balaban J connectivity index is 1.82. The van der Waals surface area contributed by atoms with E-state index in [2.05, 4.69) is 74.3 Å². The Morgan fingerprint density at radius 1 is 1.08 bits per heavy atom. The van der Waals surface area contributed by atoms with Crippen molar-refractivity contribution in [2.75, 3.05) is 13.6 Å². The van der Waals surface area contributed by atoms with Gasteiger partial charge in [-0.25, -0.2) is 0 Å². The fourth-order valence-electron chi connectivity index (χ4n) is 5.22. The Kier molecular flexibility index (Phi) is 3.38. The Morgan fingerprint density at radius 3 is 2.62 bits per heavy atom. The van der Waals surface area contributed by atoms with Crippen LogP contribution in [-0.4, -0.2) is 29.0 Å². The van der Waals surface area contributed by atoms with E-state index in [9.17, 15) is 4.79 Å². The summed E-state index contributed by atoms with van der Waals surface area (Å²) in [6.45, 7) is 6.16. The second-order valence-corrected chi connectivity index (χ2v) is 8.09.